The van der Waals surface area contributed by atoms with E-state index in [4.69, 9.17) is 13.6 Å². The third-order valence-electron chi connectivity index (χ3n) is 3.28. The molecule has 0 aliphatic rings. The molecule has 0 aliphatic carbocycles. The highest BCUT2D eigenvalue weighted by atomic mass is 16.5. The minimum atomic E-state index is -0.0584. The molecule has 0 fully saturated rings. The van der Waals surface area contributed by atoms with Gasteiger partial charge in [0.15, 0.2) is 11.3 Å². The fourth-order valence-corrected chi connectivity index (χ4v) is 2.24. The van der Waals surface area contributed by atoms with E-state index in [9.17, 15) is 0 Å². The molecule has 4 nitrogen and oxygen atoms in total. The van der Waals surface area contributed by atoms with Gasteiger partial charge in [-0.3, -0.25) is 0 Å². The predicted octanol–water partition coefficient (Wildman–Crippen LogP) is 3.76. The van der Waals surface area contributed by atoms with Crippen LogP contribution in [0, 0.1) is 0 Å². The van der Waals surface area contributed by atoms with Crippen LogP contribution in [0.3, 0.4) is 0 Å². The number of furan rings is 2. The van der Waals surface area contributed by atoms with Crippen molar-refractivity contribution < 1.29 is 13.6 Å². The molecular weight excluding hydrogens is 254 g/mol. The van der Waals surface area contributed by atoms with Gasteiger partial charge in [-0.1, -0.05) is 12.1 Å². The first-order chi connectivity index (χ1) is 9.88. The molecule has 0 bridgehead atoms. The second-order valence-corrected chi connectivity index (χ2v) is 4.65. The van der Waals surface area contributed by atoms with Crippen molar-refractivity contribution in [1.29, 1.82) is 0 Å². The number of hydrogen-bond acceptors (Lipinski definition) is 4. The standard InChI is InChI=1S/C16H17NO3/c1-17-8-5-14(13-6-9-18-11-13)20-15-4-2-3-12-7-10-19-16(12)15/h2-4,6-7,9-11,14,17H,5,8H2,1H3/t14-/m1/s1. The Balaban J connectivity index is 1.87. The highest BCUT2D eigenvalue weighted by Gasteiger charge is 2.16. The summed E-state index contributed by atoms with van der Waals surface area (Å²) in [6.07, 6.45) is 5.86. The highest BCUT2D eigenvalue weighted by molar-refractivity contribution is 5.82. The number of rotatable bonds is 6. The number of ether oxygens (including phenoxy) is 1. The minimum absolute atomic E-state index is 0.0584. The van der Waals surface area contributed by atoms with E-state index >= 15 is 0 Å². The van der Waals surface area contributed by atoms with E-state index < -0.39 is 0 Å². The molecule has 2 heterocycles. The number of benzene rings is 1. The van der Waals surface area contributed by atoms with E-state index in [-0.39, 0.29) is 6.10 Å². The summed E-state index contributed by atoms with van der Waals surface area (Å²) in [5, 5.41) is 4.19. The molecule has 0 unspecified atom stereocenters. The van der Waals surface area contributed by atoms with Crippen LogP contribution in [0.2, 0.25) is 0 Å². The van der Waals surface area contributed by atoms with Gasteiger partial charge in [-0.05, 0) is 31.8 Å². The van der Waals surface area contributed by atoms with Crippen molar-refractivity contribution in [3.8, 4) is 5.75 Å². The molecule has 0 saturated carbocycles. The fraction of sp³-hybridized carbons (Fsp3) is 0.250. The molecule has 0 radical (unpaired) electrons. The van der Waals surface area contributed by atoms with Crippen molar-refractivity contribution in [3.63, 3.8) is 0 Å². The summed E-state index contributed by atoms with van der Waals surface area (Å²) in [5.74, 6) is 0.759. The lowest BCUT2D eigenvalue weighted by Crippen LogP contribution is -2.15. The van der Waals surface area contributed by atoms with Crippen molar-refractivity contribution in [2.75, 3.05) is 13.6 Å². The molecule has 20 heavy (non-hydrogen) atoms. The van der Waals surface area contributed by atoms with Gasteiger partial charge in [0.2, 0.25) is 0 Å². The van der Waals surface area contributed by atoms with E-state index in [1.165, 1.54) is 0 Å². The first-order valence-corrected chi connectivity index (χ1v) is 6.68. The van der Waals surface area contributed by atoms with Crippen LogP contribution in [0.1, 0.15) is 18.1 Å². The third-order valence-corrected chi connectivity index (χ3v) is 3.28. The molecule has 2 aromatic heterocycles. The number of fused-ring (bicyclic) bond motifs is 1. The smallest absolute Gasteiger partial charge is 0.175 e. The molecule has 1 atom stereocenters. The molecule has 104 valence electrons. The van der Waals surface area contributed by atoms with Crippen LogP contribution in [0.15, 0.2) is 58.0 Å². The van der Waals surface area contributed by atoms with Crippen LogP contribution in [-0.4, -0.2) is 13.6 Å². The molecule has 4 heteroatoms. The average molecular weight is 271 g/mol. The average Bonchev–Trinajstić information content (AvgIpc) is 3.14. The van der Waals surface area contributed by atoms with Crippen molar-refractivity contribution in [1.82, 2.24) is 5.32 Å². The maximum Gasteiger partial charge on any atom is 0.175 e. The van der Waals surface area contributed by atoms with Crippen molar-refractivity contribution in [2.24, 2.45) is 0 Å². The summed E-state index contributed by atoms with van der Waals surface area (Å²) in [6, 6.07) is 9.77. The molecule has 1 aromatic carbocycles. The van der Waals surface area contributed by atoms with Crippen molar-refractivity contribution >= 4 is 11.0 Å². The van der Waals surface area contributed by atoms with E-state index in [1.54, 1.807) is 18.8 Å². The number of hydrogen-bond donors (Lipinski definition) is 1. The van der Waals surface area contributed by atoms with Crippen LogP contribution in [0.5, 0.6) is 5.75 Å². The van der Waals surface area contributed by atoms with Crippen LogP contribution >= 0.6 is 0 Å². The Morgan fingerprint density at radius 1 is 1.20 bits per heavy atom. The lowest BCUT2D eigenvalue weighted by molar-refractivity contribution is 0.194. The maximum atomic E-state index is 6.14. The Hall–Kier alpha value is -2.20. The third kappa shape index (κ3) is 2.56. The summed E-state index contributed by atoms with van der Waals surface area (Å²) in [7, 11) is 1.93. The SMILES string of the molecule is CNCC[C@@H](Oc1cccc2ccoc12)c1ccoc1. The summed E-state index contributed by atoms with van der Waals surface area (Å²) in [6.45, 7) is 0.865. The molecule has 0 aliphatic heterocycles. The number of nitrogens with one attached hydrogen (secondary N) is 1. The Labute approximate surface area is 117 Å². The zero-order valence-corrected chi connectivity index (χ0v) is 11.3. The van der Waals surface area contributed by atoms with Gasteiger partial charge in [0.1, 0.15) is 6.10 Å². The normalized spacial score (nSPS) is 12.7. The van der Waals surface area contributed by atoms with Crippen LogP contribution in [0.4, 0.5) is 0 Å². The van der Waals surface area contributed by atoms with Crippen LogP contribution in [0.25, 0.3) is 11.0 Å². The second-order valence-electron chi connectivity index (χ2n) is 4.65. The molecule has 3 aromatic rings. The molecule has 0 saturated heterocycles. The monoisotopic (exact) mass is 271 g/mol. The molecule has 3 rings (SSSR count). The predicted molar refractivity (Wildman–Crippen MR) is 76.8 cm³/mol. The van der Waals surface area contributed by atoms with Gasteiger partial charge in [0, 0.05) is 17.4 Å². The van der Waals surface area contributed by atoms with E-state index in [1.807, 2.05) is 37.4 Å². The fourth-order valence-electron chi connectivity index (χ4n) is 2.24. The quantitative estimate of drug-likeness (QED) is 0.741. The Bertz CT molecular complexity index is 657. The zero-order chi connectivity index (χ0) is 13.8. The largest absolute Gasteiger partial charge is 0.482 e. The Kier molecular flexibility index (Phi) is 3.74. The molecule has 0 spiro atoms. The van der Waals surface area contributed by atoms with E-state index in [0.717, 1.165) is 35.2 Å². The first kappa shape index (κ1) is 12.8. The van der Waals surface area contributed by atoms with E-state index in [2.05, 4.69) is 5.32 Å². The van der Waals surface area contributed by atoms with Gasteiger partial charge in [-0.15, -0.1) is 0 Å². The topological polar surface area (TPSA) is 47.5 Å². The van der Waals surface area contributed by atoms with E-state index in [0.29, 0.717) is 0 Å². The van der Waals surface area contributed by atoms with Gasteiger partial charge >= 0.3 is 0 Å². The number of para-hydroxylation sites is 1. The van der Waals surface area contributed by atoms with Crippen LogP contribution in [-0.2, 0) is 0 Å². The summed E-state index contributed by atoms with van der Waals surface area (Å²) < 4.78 is 16.8. The molecule has 0 amide bonds. The van der Waals surface area contributed by atoms with Crippen molar-refractivity contribution in [2.45, 2.75) is 12.5 Å². The summed E-state index contributed by atoms with van der Waals surface area (Å²) in [5.41, 5.74) is 1.81. The lowest BCUT2D eigenvalue weighted by Gasteiger charge is -2.18. The summed E-state index contributed by atoms with van der Waals surface area (Å²) in [4.78, 5) is 0. The zero-order valence-electron chi connectivity index (χ0n) is 11.3. The highest BCUT2D eigenvalue weighted by Crippen LogP contribution is 2.31. The Morgan fingerprint density at radius 3 is 2.95 bits per heavy atom. The van der Waals surface area contributed by atoms with Gasteiger partial charge in [0.25, 0.3) is 0 Å². The van der Waals surface area contributed by atoms with Crippen LogP contribution < -0.4 is 10.1 Å². The molecule has 1 N–H and O–H groups in total. The summed E-state index contributed by atoms with van der Waals surface area (Å²) >= 11 is 0. The van der Waals surface area contributed by atoms with Gasteiger partial charge in [-0.2, -0.15) is 0 Å². The molecular formula is C16H17NO3. The lowest BCUT2D eigenvalue weighted by atomic mass is 10.1. The Morgan fingerprint density at radius 2 is 2.15 bits per heavy atom. The minimum Gasteiger partial charge on any atom is -0.482 e. The van der Waals surface area contributed by atoms with Gasteiger partial charge < -0.3 is 18.9 Å². The van der Waals surface area contributed by atoms with Gasteiger partial charge in [0.05, 0.1) is 18.8 Å². The van der Waals surface area contributed by atoms with Crippen molar-refractivity contribution in [3.05, 3.63) is 54.7 Å². The maximum absolute atomic E-state index is 6.14. The second kappa shape index (κ2) is 5.84. The first-order valence-electron chi connectivity index (χ1n) is 6.68. The van der Waals surface area contributed by atoms with Gasteiger partial charge in [-0.25, -0.2) is 0 Å².